The lowest BCUT2D eigenvalue weighted by Crippen LogP contribution is -2.47. The Kier molecular flexibility index (Phi) is 54.4. The highest BCUT2D eigenvalue weighted by Gasteiger charge is 2.27. The van der Waals surface area contributed by atoms with E-state index in [2.05, 4.69) is 99.0 Å². The van der Waals surface area contributed by atoms with E-state index >= 15 is 0 Å². The van der Waals surface area contributed by atoms with Crippen molar-refractivity contribution in [1.29, 1.82) is 0 Å². The maximum atomic E-state index is 13.5. The predicted octanol–water partition coefficient (Wildman–Crippen LogP) is 19.1. The van der Waals surface area contributed by atoms with Crippen molar-refractivity contribution in [1.82, 2.24) is 5.32 Å². The van der Waals surface area contributed by atoms with Gasteiger partial charge >= 0.3 is 5.97 Å². The highest BCUT2D eigenvalue weighted by molar-refractivity contribution is 7.45. The molecule has 0 bridgehead atoms. The van der Waals surface area contributed by atoms with E-state index in [0.29, 0.717) is 23.9 Å². The maximum Gasteiger partial charge on any atom is 0.306 e. The monoisotopic (exact) mass is 1100 g/mol. The van der Waals surface area contributed by atoms with Crippen molar-refractivity contribution in [3.8, 4) is 0 Å². The second kappa shape index (κ2) is 56.5. The SMILES string of the molecule is CCCCC/C=C\C/C=C\C/C=C\C/C=C\CCCCCCCCCCCC(=O)NC(COP(=O)([O-])OCC[N+](C)(C)C)C(/C=C\CCCCCCCCCCC)OC(=O)CCCCCCCC/C=C/C=C/CCCCC. The Morgan fingerprint density at radius 1 is 0.468 bits per heavy atom. The number of allylic oxidation sites excluding steroid dienone is 13. The zero-order chi connectivity index (χ0) is 56.4. The lowest BCUT2D eigenvalue weighted by atomic mass is 10.0. The summed E-state index contributed by atoms with van der Waals surface area (Å²) in [5.41, 5.74) is 0. The molecule has 9 nitrogen and oxygen atoms in total. The number of nitrogens with one attached hydrogen (secondary N) is 1. The smallest absolute Gasteiger partial charge is 0.306 e. The topological polar surface area (TPSA) is 114 Å². The van der Waals surface area contributed by atoms with Gasteiger partial charge in [0.05, 0.1) is 33.8 Å². The fraction of sp³-hybridized carbons (Fsp3) is 0.761. The van der Waals surface area contributed by atoms with Gasteiger partial charge in [-0.2, -0.15) is 0 Å². The van der Waals surface area contributed by atoms with E-state index in [0.717, 1.165) is 109 Å². The van der Waals surface area contributed by atoms with Crippen molar-refractivity contribution in [2.24, 2.45) is 0 Å². The number of hydrogen-bond acceptors (Lipinski definition) is 7. The number of carbonyl (C=O) groups is 2. The normalized spacial score (nSPS) is 14.2. The number of hydrogen-bond donors (Lipinski definition) is 1. The Bertz CT molecular complexity index is 1590. The summed E-state index contributed by atoms with van der Waals surface area (Å²) in [4.78, 5) is 40.0. The summed E-state index contributed by atoms with van der Waals surface area (Å²) in [6.07, 6.45) is 74.0. The Labute approximate surface area is 476 Å². The van der Waals surface area contributed by atoms with Gasteiger partial charge in [0.15, 0.2) is 0 Å². The molecule has 0 saturated carbocycles. The molecule has 446 valence electrons. The molecule has 0 aliphatic heterocycles. The number of carbonyl (C=O) groups excluding carboxylic acids is 2. The van der Waals surface area contributed by atoms with Crippen LogP contribution in [-0.2, 0) is 27.9 Å². The van der Waals surface area contributed by atoms with Gasteiger partial charge in [-0.1, -0.05) is 247 Å². The molecule has 0 fully saturated rings. The van der Waals surface area contributed by atoms with Gasteiger partial charge in [0, 0.05) is 12.8 Å². The molecule has 3 unspecified atom stereocenters. The number of nitrogens with zero attached hydrogens (tertiary/aromatic N) is 1. The van der Waals surface area contributed by atoms with Gasteiger partial charge in [-0.25, -0.2) is 0 Å². The van der Waals surface area contributed by atoms with Crippen LogP contribution in [-0.4, -0.2) is 69.4 Å². The molecule has 0 aromatic carbocycles. The number of ether oxygens (including phenoxy) is 1. The number of phosphoric ester groups is 1. The molecule has 1 amide bonds. The fourth-order valence-corrected chi connectivity index (χ4v) is 9.57. The Morgan fingerprint density at radius 2 is 0.831 bits per heavy atom. The molecule has 0 spiro atoms. The molecule has 3 atom stereocenters. The van der Waals surface area contributed by atoms with Crippen molar-refractivity contribution in [3.05, 3.63) is 85.1 Å². The molecule has 0 heterocycles. The van der Waals surface area contributed by atoms with Crippen LogP contribution in [0.5, 0.6) is 0 Å². The first kappa shape index (κ1) is 74.2. The third kappa shape index (κ3) is 57.7. The molecule has 77 heavy (non-hydrogen) atoms. The van der Waals surface area contributed by atoms with E-state index in [4.69, 9.17) is 13.8 Å². The van der Waals surface area contributed by atoms with Crippen molar-refractivity contribution in [3.63, 3.8) is 0 Å². The number of quaternary nitrogens is 1. The molecule has 0 rings (SSSR count). The first-order valence-electron chi connectivity index (χ1n) is 31.9. The summed E-state index contributed by atoms with van der Waals surface area (Å²) < 4.78 is 30.3. The van der Waals surface area contributed by atoms with Gasteiger partial charge in [-0.3, -0.25) is 14.2 Å². The number of esters is 1. The third-order valence-electron chi connectivity index (χ3n) is 13.8. The molecular formula is C67H121N2O7P. The minimum Gasteiger partial charge on any atom is -0.756 e. The van der Waals surface area contributed by atoms with Crippen LogP contribution >= 0.6 is 7.82 Å². The second-order valence-electron chi connectivity index (χ2n) is 22.6. The van der Waals surface area contributed by atoms with E-state index in [1.54, 1.807) is 0 Å². The summed E-state index contributed by atoms with van der Waals surface area (Å²) in [5, 5.41) is 3.02. The number of phosphoric acid groups is 1. The zero-order valence-corrected chi connectivity index (χ0v) is 51.8. The first-order chi connectivity index (χ1) is 37.4. The molecule has 10 heteroatoms. The average molecular weight is 1100 g/mol. The fourth-order valence-electron chi connectivity index (χ4n) is 8.85. The van der Waals surface area contributed by atoms with Gasteiger partial charge in [0.2, 0.25) is 5.91 Å². The third-order valence-corrected chi connectivity index (χ3v) is 14.8. The van der Waals surface area contributed by atoms with Crippen LogP contribution in [0.25, 0.3) is 0 Å². The summed E-state index contributed by atoms with van der Waals surface area (Å²) in [6.45, 7) is 6.77. The predicted molar refractivity (Wildman–Crippen MR) is 330 cm³/mol. The van der Waals surface area contributed by atoms with Crippen LogP contribution in [0.3, 0.4) is 0 Å². The van der Waals surface area contributed by atoms with Crippen molar-refractivity contribution < 1.29 is 37.3 Å². The minimum atomic E-state index is -4.71. The van der Waals surface area contributed by atoms with Gasteiger partial charge in [-0.05, 0) is 102 Å². The van der Waals surface area contributed by atoms with Crippen LogP contribution < -0.4 is 10.2 Å². The molecule has 0 aliphatic rings. The van der Waals surface area contributed by atoms with Crippen LogP contribution in [0, 0.1) is 0 Å². The first-order valence-corrected chi connectivity index (χ1v) is 33.4. The molecular weight excluding hydrogens is 976 g/mol. The zero-order valence-electron chi connectivity index (χ0n) is 50.9. The van der Waals surface area contributed by atoms with E-state index < -0.39 is 26.6 Å². The van der Waals surface area contributed by atoms with Crippen LogP contribution in [0.2, 0.25) is 0 Å². The minimum absolute atomic E-state index is 0.0287. The second-order valence-corrected chi connectivity index (χ2v) is 24.0. The van der Waals surface area contributed by atoms with Gasteiger partial charge in [-0.15, -0.1) is 0 Å². The molecule has 0 aromatic rings. The van der Waals surface area contributed by atoms with Crippen LogP contribution in [0.1, 0.15) is 278 Å². The number of amides is 1. The summed E-state index contributed by atoms with van der Waals surface area (Å²) >= 11 is 0. The van der Waals surface area contributed by atoms with Gasteiger partial charge < -0.3 is 28.5 Å². The molecule has 0 aliphatic carbocycles. The van der Waals surface area contributed by atoms with E-state index in [1.807, 2.05) is 33.3 Å². The van der Waals surface area contributed by atoms with E-state index in [-0.39, 0.29) is 24.9 Å². The van der Waals surface area contributed by atoms with Crippen molar-refractivity contribution >= 4 is 19.7 Å². The van der Waals surface area contributed by atoms with Crippen LogP contribution in [0.4, 0.5) is 0 Å². The number of likely N-dealkylation sites (N-methyl/N-ethyl adjacent to an activating group) is 1. The Morgan fingerprint density at radius 3 is 1.29 bits per heavy atom. The van der Waals surface area contributed by atoms with Crippen molar-refractivity contribution in [2.75, 3.05) is 40.9 Å². The van der Waals surface area contributed by atoms with Crippen molar-refractivity contribution in [2.45, 2.75) is 290 Å². The highest BCUT2D eigenvalue weighted by Crippen LogP contribution is 2.38. The van der Waals surface area contributed by atoms with E-state index in [1.165, 1.54) is 128 Å². The van der Waals surface area contributed by atoms with Gasteiger partial charge in [0.25, 0.3) is 7.82 Å². The average Bonchev–Trinajstić information content (AvgIpc) is 3.39. The molecule has 0 saturated heterocycles. The number of unbranched alkanes of at least 4 members (excludes halogenated alkanes) is 30. The molecule has 1 N–H and O–H groups in total. The summed E-state index contributed by atoms with van der Waals surface area (Å²) in [7, 11) is 1.17. The standard InChI is InChI=1S/C67H121N2O7P/c1-7-10-13-16-19-22-25-27-29-30-31-32-33-34-35-36-37-38-40-41-44-47-50-53-56-59-66(70)68-64(63-75-77(72,73)74-62-61-69(4,5)6)65(58-55-52-49-46-43-24-21-18-15-12-9-3)76-67(71)60-57-54-51-48-45-42-39-28-26-23-20-17-14-11-8-2/h19-20,22-23,26-29,31-32,34-35,55,58,64-65H,7-18,21,24-25,30,33,36-54,56-57,59-63H2,1-6H3,(H-,68,70,72,73)/b22-19-,23-20+,28-26+,29-27-,32-31-,35-34-,58-55-. The van der Waals surface area contributed by atoms with Gasteiger partial charge in [0.1, 0.15) is 19.3 Å². The summed E-state index contributed by atoms with van der Waals surface area (Å²) in [6, 6.07) is -0.900. The Balaban J connectivity index is 5.14. The highest BCUT2D eigenvalue weighted by atomic mass is 31.2. The molecule has 0 aromatic heterocycles. The largest absolute Gasteiger partial charge is 0.756 e. The Hall–Kier alpha value is -2.81. The number of rotatable bonds is 57. The molecule has 0 radical (unpaired) electrons. The lowest BCUT2D eigenvalue weighted by molar-refractivity contribution is -0.870. The van der Waals surface area contributed by atoms with Crippen LogP contribution in [0.15, 0.2) is 85.1 Å². The maximum absolute atomic E-state index is 13.5. The quantitative estimate of drug-likeness (QED) is 0.0161. The van der Waals surface area contributed by atoms with E-state index in [9.17, 15) is 19.0 Å². The lowest BCUT2D eigenvalue weighted by Gasteiger charge is -2.30. The summed E-state index contributed by atoms with van der Waals surface area (Å²) in [5.74, 6) is -0.562.